The Bertz CT molecular complexity index is 796. The van der Waals surface area contributed by atoms with E-state index in [1.165, 1.54) is 29.5 Å². The zero-order valence-electron chi connectivity index (χ0n) is 13.7. The van der Waals surface area contributed by atoms with Gasteiger partial charge in [0, 0.05) is 10.4 Å². The molecule has 2 rings (SSSR count). The van der Waals surface area contributed by atoms with Crippen molar-refractivity contribution in [3.05, 3.63) is 44.4 Å². The van der Waals surface area contributed by atoms with Gasteiger partial charge in [-0.25, -0.2) is 4.98 Å². The fraction of sp³-hybridized carbons (Fsp3) is 0.312. The van der Waals surface area contributed by atoms with Crippen LogP contribution in [0.25, 0.3) is 0 Å². The lowest BCUT2D eigenvalue weighted by molar-refractivity contribution is 0.0846. The zero-order valence-corrected chi connectivity index (χ0v) is 15.3. The second-order valence-corrected chi connectivity index (χ2v) is 7.69. The van der Waals surface area contributed by atoms with Gasteiger partial charge in [0.25, 0.3) is 11.8 Å². The number of aromatic hydroxyl groups is 1. The molecule has 0 aliphatic rings. The number of hydrazine groups is 1. The highest BCUT2D eigenvalue weighted by Crippen LogP contribution is 2.29. The van der Waals surface area contributed by atoms with E-state index in [1.807, 2.05) is 20.8 Å². The highest BCUT2D eigenvalue weighted by atomic mass is 35.5. The second-order valence-electron chi connectivity index (χ2n) is 6.25. The van der Waals surface area contributed by atoms with Crippen molar-refractivity contribution < 1.29 is 14.7 Å². The Balaban J connectivity index is 2.09. The third-order valence-electron chi connectivity index (χ3n) is 3.14. The van der Waals surface area contributed by atoms with Crippen LogP contribution in [0.4, 0.5) is 0 Å². The standard InChI is InChI=1S/C16H18ClN3O3S/c1-8-12(24-15(18-8)16(2,3)4)14(23)20-19-13(22)10-7-9(17)5-6-11(10)21/h5-7,21H,1-4H3,(H,19,22)(H,20,23). The van der Waals surface area contributed by atoms with Crippen LogP contribution in [0.1, 0.15) is 51.5 Å². The highest BCUT2D eigenvalue weighted by molar-refractivity contribution is 7.14. The summed E-state index contributed by atoms with van der Waals surface area (Å²) >= 11 is 7.08. The Hall–Kier alpha value is -2.12. The first-order valence-electron chi connectivity index (χ1n) is 7.16. The smallest absolute Gasteiger partial charge is 0.281 e. The molecule has 6 nitrogen and oxygen atoms in total. The number of amides is 2. The molecule has 1 aromatic heterocycles. The molecule has 1 heterocycles. The fourth-order valence-electron chi connectivity index (χ4n) is 1.86. The molecule has 0 unspecified atom stereocenters. The largest absolute Gasteiger partial charge is 0.507 e. The van der Waals surface area contributed by atoms with Gasteiger partial charge in [-0.3, -0.25) is 20.4 Å². The number of aromatic nitrogens is 1. The maximum absolute atomic E-state index is 12.2. The van der Waals surface area contributed by atoms with Crippen LogP contribution in [0, 0.1) is 6.92 Å². The topological polar surface area (TPSA) is 91.3 Å². The lowest BCUT2D eigenvalue weighted by Crippen LogP contribution is -2.41. The minimum Gasteiger partial charge on any atom is -0.507 e. The van der Waals surface area contributed by atoms with Crippen LogP contribution in [0.2, 0.25) is 5.02 Å². The number of hydrogen-bond acceptors (Lipinski definition) is 5. The molecule has 1 aromatic carbocycles. The Morgan fingerprint density at radius 3 is 2.42 bits per heavy atom. The molecule has 0 saturated carbocycles. The molecule has 128 valence electrons. The lowest BCUT2D eigenvalue weighted by Gasteiger charge is -2.13. The molecule has 2 aromatic rings. The number of nitrogens with one attached hydrogen (secondary N) is 2. The van der Waals surface area contributed by atoms with Crippen molar-refractivity contribution in [1.29, 1.82) is 0 Å². The normalized spacial score (nSPS) is 11.2. The molecule has 24 heavy (non-hydrogen) atoms. The number of aryl methyl sites for hydroxylation is 1. The molecule has 0 bridgehead atoms. The zero-order chi connectivity index (χ0) is 18.1. The van der Waals surface area contributed by atoms with Gasteiger partial charge in [0.1, 0.15) is 10.6 Å². The molecule has 0 fully saturated rings. The van der Waals surface area contributed by atoms with Gasteiger partial charge >= 0.3 is 0 Å². The van der Waals surface area contributed by atoms with Crippen LogP contribution in [-0.4, -0.2) is 21.9 Å². The quantitative estimate of drug-likeness (QED) is 0.711. The van der Waals surface area contributed by atoms with Gasteiger partial charge in [0.2, 0.25) is 0 Å². The molecule has 0 atom stereocenters. The summed E-state index contributed by atoms with van der Waals surface area (Å²) < 4.78 is 0. The Morgan fingerprint density at radius 2 is 1.83 bits per heavy atom. The molecule has 0 aliphatic carbocycles. The SMILES string of the molecule is Cc1nc(C(C)(C)C)sc1C(=O)NNC(=O)c1cc(Cl)ccc1O. The summed E-state index contributed by atoms with van der Waals surface area (Å²) in [4.78, 5) is 29.1. The van der Waals surface area contributed by atoms with Gasteiger partial charge < -0.3 is 5.11 Å². The monoisotopic (exact) mass is 367 g/mol. The van der Waals surface area contributed by atoms with E-state index < -0.39 is 11.8 Å². The van der Waals surface area contributed by atoms with Crippen LogP contribution in [0.15, 0.2) is 18.2 Å². The van der Waals surface area contributed by atoms with E-state index in [2.05, 4.69) is 15.8 Å². The van der Waals surface area contributed by atoms with Crippen LogP contribution in [0.5, 0.6) is 5.75 Å². The molecular formula is C16H18ClN3O3S. The van der Waals surface area contributed by atoms with Crippen molar-refractivity contribution in [2.24, 2.45) is 0 Å². The number of carbonyl (C=O) groups excluding carboxylic acids is 2. The van der Waals surface area contributed by atoms with Gasteiger partial charge in [-0.05, 0) is 25.1 Å². The van der Waals surface area contributed by atoms with Crippen molar-refractivity contribution >= 4 is 34.8 Å². The summed E-state index contributed by atoms with van der Waals surface area (Å²) in [7, 11) is 0. The maximum Gasteiger partial charge on any atom is 0.281 e. The number of phenolic OH excluding ortho intramolecular Hbond substituents is 1. The first kappa shape index (κ1) is 18.2. The number of nitrogens with zero attached hydrogens (tertiary/aromatic N) is 1. The van der Waals surface area contributed by atoms with E-state index in [0.717, 1.165) is 5.01 Å². The number of phenols is 1. The summed E-state index contributed by atoms with van der Waals surface area (Å²) in [6, 6.07) is 4.08. The molecule has 0 radical (unpaired) electrons. The van der Waals surface area contributed by atoms with E-state index in [-0.39, 0.29) is 16.7 Å². The number of halogens is 1. The van der Waals surface area contributed by atoms with Crippen molar-refractivity contribution in [3.8, 4) is 5.75 Å². The van der Waals surface area contributed by atoms with Crippen LogP contribution >= 0.6 is 22.9 Å². The van der Waals surface area contributed by atoms with Gasteiger partial charge in [0.05, 0.1) is 16.3 Å². The van der Waals surface area contributed by atoms with Crippen LogP contribution in [0.3, 0.4) is 0 Å². The predicted octanol–water partition coefficient (Wildman–Crippen LogP) is 3.18. The summed E-state index contributed by atoms with van der Waals surface area (Å²) in [5.74, 6) is -1.35. The molecule has 0 aliphatic heterocycles. The minimum atomic E-state index is -0.665. The van der Waals surface area contributed by atoms with Crippen LogP contribution < -0.4 is 10.9 Å². The molecule has 3 N–H and O–H groups in total. The van der Waals surface area contributed by atoms with E-state index in [4.69, 9.17) is 11.6 Å². The number of benzene rings is 1. The summed E-state index contributed by atoms with van der Waals surface area (Å²) in [6.07, 6.45) is 0. The van der Waals surface area contributed by atoms with Gasteiger partial charge in [0.15, 0.2) is 0 Å². The highest BCUT2D eigenvalue weighted by Gasteiger charge is 2.23. The Labute approximate surface area is 148 Å². The molecule has 0 saturated heterocycles. The molecular weight excluding hydrogens is 350 g/mol. The molecule has 8 heteroatoms. The van der Waals surface area contributed by atoms with Crippen LogP contribution in [-0.2, 0) is 5.41 Å². The average molecular weight is 368 g/mol. The number of rotatable bonds is 2. The van der Waals surface area contributed by atoms with Crippen molar-refractivity contribution in [2.75, 3.05) is 0 Å². The van der Waals surface area contributed by atoms with E-state index in [0.29, 0.717) is 15.6 Å². The Kier molecular flexibility index (Phi) is 5.15. The Morgan fingerprint density at radius 1 is 1.21 bits per heavy atom. The third kappa shape index (κ3) is 4.04. The number of carbonyl (C=O) groups is 2. The lowest BCUT2D eigenvalue weighted by atomic mass is 9.98. The van der Waals surface area contributed by atoms with Crippen molar-refractivity contribution in [2.45, 2.75) is 33.1 Å². The number of thiazole rings is 1. The fourth-order valence-corrected chi connectivity index (χ4v) is 3.05. The maximum atomic E-state index is 12.2. The average Bonchev–Trinajstić information content (AvgIpc) is 2.89. The first-order valence-corrected chi connectivity index (χ1v) is 8.36. The summed E-state index contributed by atoms with van der Waals surface area (Å²) in [5, 5.41) is 10.8. The van der Waals surface area contributed by atoms with Crippen molar-refractivity contribution in [3.63, 3.8) is 0 Å². The summed E-state index contributed by atoms with van der Waals surface area (Å²) in [5.41, 5.74) is 5.00. The van der Waals surface area contributed by atoms with Gasteiger partial charge in [-0.1, -0.05) is 32.4 Å². The third-order valence-corrected chi connectivity index (χ3v) is 4.95. The second kappa shape index (κ2) is 6.78. The number of hydrogen-bond donors (Lipinski definition) is 3. The molecule has 2 amide bonds. The predicted molar refractivity (Wildman–Crippen MR) is 93.6 cm³/mol. The first-order chi connectivity index (χ1) is 11.1. The van der Waals surface area contributed by atoms with Crippen molar-refractivity contribution in [1.82, 2.24) is 15.8 Å². The van der Waals surface area contributed by atoms with E-state index in [9.17, 15) is 14.7 Å². The van der Waals surface area contributed by atoms with Gasteiger partial charge in [-0.2, -0.15) is 0 Å². The minimum absolute atomic E-state index is 0.0285. The molecule has 0 spiro atoms. The van der Waals surface area contributed by atoms with Gasteiger partial charge in [-0.15, -0.1) is 11.3 Å². The van der Waals surface area contributed by atoms with E-state index >= 15 is 0 Å². The van der Waals surface area contributed by atoms with E-state index in [1.54, 1.807) is 6.92 Å². The summed E-state index contributed by atoms with van der Waals surface area (Å²) in [6.45, 7) is 7.77.